The number of halogens is 2. The van der Waals surface area contributed by atoms with Crippen molar-refractivity contribution in [3.63, 3.8) is 0 Å². The fourth-order valence-electron chi connectivity index (χ4n) is 3.36. The van der Waals surface area contributed by atoms with Crippen molar-refractivity contribution in [3.05, 3.63) is 34.6 Å². The fraction of sp³-hybridized carbons (Fsp3) is 0.625. The molecule has 4 heteroatoms. The van der Waals surface area contributed by atoms with E-state index < -0.39 is 0 Å². The van der Waals surface area contributed by atoms with E-state index >= 15 is 0 Å². The lowest BCUT2D eigenvalue weighted by Crippen LogP contribution is -2.42. The highest BCUT2D eigenvalue weighted by molar-refractivity contribution is 6.30. The second-order valence-electron chi connectivity index (χ2n) is 5.61. The molecule has 0 aliphatic carbocycles. The first-order chi connectivity index (χ1) is 9.67. The van der Waals surface area contributed by atoms with Crippen molar-refractivity contribution in [1.82, 2.24) is 10.2 Å². The topological polar surface area (TPSA) is 15.3 Å². The number of hydrogen-bond acceptors (Lipinski definition) is 2. The van der Waals surface area contributed by atoms with Gasteiger partial charge in [-0.05, 0) is 64.0 Å². The summed E-state index contributed by atoms with van der Waals surface area (Å²) in [5.74, 6) is 0.280. The minimum atomic E-state index is -0.174. The number of rotatable bonds is 5. The summed E-state index contributed by atoms with van der Waals surface area (Å²) < 4.78 is 14.3. The molecule has 2 unspecified atom stereocenters. The summed E-state index contributed by atoms with van der Waals surface area (Å²) in [6.07, 6.45) is 3.43. The van der Waals surface area contributed by atoms with Gasteiger partial charge in [0, 0.05) is 16.6 Å². The molecule has 0 aromatic heterocycles. The molecule has 112 valence electrons. The number of likely N-dealkylation sites (tertiary alicyclic amines) is 1. The smallest absolute Gasteiger partial charge is 0.129 e. The number of benzene rings is 1. The monoisotopic (exact) mass is 298 g/mol. The molecule has 1 aliphatic rings. The molecule has 2 nitrogen and oxygen atoms in total. The summed E-state index contributed by atoms with van der Waals surface area (Å²) in [5, 5.41) is 3.72. The lowest BCUT2D eigenvalue weighted by molar-refractivity contribution is 0.0898. The fourth-order valence-corrected chi connectivity index (χ4v) is 3.52. The zero-order chi connectivity index (χ0) is 14.5. The van der Waals surface area contributed by atoms with Crippen LogP contribution in [0.4, 0.5) is 4.39 Å². The predicted molar refractivity (Wildman–Crippen MR) is 82.7 cm³/mol. The Kier molecular flexibility index (Phi) is 5.82. The van der Waals surface area contributed by atoms with Crippen molar-refractivity contribution in [3.8, 4) is 0 Å². The summed E-state index contributed by atoms with van der Waals surface area (Å²) in [6.45, 7) is 5.18. The Balaban J connectivity index is 2.32. The molecule has 2 atom stereocenters. The van der Waals surface area contributed by atoms with Crippen LogP contribution in [0.3, 0.4) is 0 Å². The highest BCUT2D eigenvalue weighted by atomic mass is 35.5. The average Bonchev–Trinajstić information content (AvgIpc) is 2.41. The van der Waals surface area contributed by atoms with Crippen LogP contribution < -0.4 is 5.32 Å². The van der Waals surface area contributed by atoms with Crippen LogP contribution in [0.15, 0.2) is 18.2 Å². The summed E-state index contributed by atoms with van der Waals surface area (Å²) >= 11 is 5.89. The largest absolute Gasteiger partial charge is 0.319 e. The first kappa shape index (κ1) is 15.7. The van der Waals surface area contributed by atoms with Gasteiger partial charge >= 0.3 is 0 Å². The number of hydrogen-bond donors (Lipinski definition) is 1. The van der Waals surface area contributed by atoms with Crippen LogP contribution in [0.1, 0.15) is 37.8 Å². The molecule has 0 spiro atoms. The van der Waals surface area contributed by atoms with Gasteiger partial charge in [0.15, 0.2) is 0 Å². The SMILES string of the molecule is CCCN1CCCC(CNC)C1c1ccc(Cl)cc1F. The molecule has 0 amide bonds. The van der Waals surface area contributed by atoms with Gasteiger partial charge in [-0.15, -0.1) is 0 Å². The van der Waals surface area contributed by atoms with Gasteiger partial charge in [0.2, 0.25) is 0 Å². The van der Waals surface area contributed by atoms with E-state index in [4.69, 9.17) is 11.6 Å². The molecule has 1 heterocycles. The third-order valence-electron chi connectivity index (χ3n) is 4.12. The number of piperidine rings is 1. The highest BCUT2D eigenvalue weighted by Crippen LogP contribution is 2.37. The molecule has 1 fully saturated rings. The average molecular weight is 299 g/mol. The van der Waals surface area contributed by atoms with Gasteiger partial charge in [-0.25, -0.2) is 4.39 Å². The van der Waals surface area contributed by atoms with Crippen LogP contribution in [0.2, 0.25) is 5.02 Å². The normalized spacial score (nSPS) is 24.0. The van der Waals surface area contributed by atoms with Crippen LogP contribution >= 0.6 is 11.6 Å². The summed E-state index contributed by atoms with van der Waals surface area (Å²) in [7, 11) is 1.97. The first-order valence-electron chi connectivity index (χ1n) is 7.51. The van der Waals surface area contributed by atoms with E-state index in [0.29, 0.717) is 10.9 Å². The summed E-state index contributed by atoms with van der Waals surface area (Å²) in [5.41, 5.74) is 0.794. The molecule has 1 saturated heterocycles. The quantitative estimate of drug-likeness (QED) is 0.888. The molecule has 1 N–H and O–H groups in total. The minimum Gasteiger partial charge on any atom is -0.319 e. The zero-order valence-corrected chi connectivity index (χ0v) is 13.1. The third-order valence-corrected chi connectivity index (χ3v) is 4.35. The summed E-state index contributed by atoms with van der Waals surface area (Å²) in [4.78, 5) is 2.43. The van der Waals surface area contributed by atoms with E-state index in [-0.39, 0.29) is 11.9 Å². The van der Waals surface area contributed by atoms with Crippen molar-refractivity contribution < 1.29 is 4.39 Å². The van der Waals surface area contributed by atoms with Crippen molar-refractivity contribution >= 4 is 11.6 Å². The molecular formula is C16H24ClFN2. The second kappa shape index (κ2) is 7.39. The van der Waals surface area contributed by atoms with Crippen LogP contribution in [0.5, 0.6) is 0 Å². The van der Waals surface area contributed by atoms with Crippen molar-refractivity contribution in [2.24, 2.45) is 5.92 Å². The van der Waals surface area contributed by atoms with Gasteiger partial charge in [0.05, 0.1) is 0 Å². The van der Waals surface area contributed by atoms with Crippen molar-refractivity contribution in [1.29, 1.82) is 0 Å². The third kappa shape index (κ3) is 3.51. The van der Waals surface area contributed by atoms with E-state index in [1.807, 2.05) is 13.1 Å². The van der Waals surface area contributed by atoms with Crippen LogP contribution in [0, 0.1) is 11.7 Å². The summed E-state index contributed by atoms with van der Waals surface area (Å²) in [6, 6.07) is 5.26. The Morgan fingerprint density at radius 3 is 2.90 bits per heavy atom. The van der Waals surface area contributed by atoms with E-state index in [1.54, 1.807) is 6.07 Å². The highest BCUT2D eigenvalue weighted by Gasteiger charge is 2.33. The maximum atomic E-state index is 14.3. The maximum Gasteiger partial charge on any atom is 0.129 e. The van der Waals surface area contributed by atoms with Crippen molar-refractivity contribution in [2.45, 2.75) is 32.2 Å². The predicted octanol–water partition coefficient (Wildman–Crippen LogP) is 3.86. The molecule has 0 radical (unpaired) electrons. The lowest BCUT2D eigenvalue weighted by atomic mass is 9.84. The molecular weight excluding hydrogens is 275 g/mol. The molecule has 0 saturated carbocycles. The van der Waals surface area contributed by atoms with Gasteiger partial charge in [0.1, 0.15) is 5.82 Å². The van der Waals surface area contributed by atoms with E-state index in [0.717, 1.165) is 38.0 Å². The second-order valence-corrected chi connectivity index (χ2v) is 6.04. The van der Waals surface area contributed by atoms with Crippen LogP contribution in [-0.4, -0.2) is 31.6 Å². The van der Waals surface area contributed by atoms with E-state index in [1.165, 1.54) is 12.5 Å². The Bertz CT molecular complexity index is 420. The first-order valence-corrected chi connectivity index (χ1v) is 7.88. The molecule has 1 aliphatic heterocycles. The van der Waals surface area contributed by atoms with E-state index in [2.05, 4.69) is 17.1 Å². The molecule has 20 heavy (non-hydrogen) atoms. The maximum absolute atomic E-state index is 14.3. The minimum absolute atomic E-state index is 0.161. The van der Waals surface area contributed by atoms with Gasteiger partial charge in [-0.3, -0.25) is 4.90 Å². The molecule has 0 bridgehead atoms. The van der Waals surface area contributed by atoms with Gasteiger partial charge in [-0.1, -0.05) is 24.6 Å². The number of nitrogens with zero attached hydrogens (tertiary/aromatic N) is 1. The zero-order valence-electron chi connectivity index (χ0n) is 12.3. The van der Waals surface area contributed by atoms with Gasteiger partial charge in [-0.2, -0.15) is 0 Å². The van der Waals surface area contributed by atoms with Crippen LogP contribution in [0.25, 0.3) is 0 Å². The Labute approximate surface area is 126 Å². The Morgan fingerprint density at radius 2 is 2.25 bits per heavy atom. The van der Waals surface area contributed by atoms with Gasteiger partial charge in [0.25, 0.3) is 0 Å². The lowest BCUT2D eigenvalue weighted by Gasteiger charge is -2.42. The standard InChI is InChI=1S/C16H24ClFN2/c1-3-8-20-9-4-5-12(11-19-2)16(20)14-7-6-13(17)10-15(14)18/h6-7,10,12,16,19H,3-5,8-9,11H2,1-2H3. The van der Waals surface area contributed by atoms with E-state index in [9.17, 15) is 4.39 Å². The molecule has 1 aromatic rings. The van der Waals surface area contributed by atoms with Crippen molar-refractivity contribution in [2.75, 3.05) is 26.7 Å². The molecule has 2 rings (SSSR count). The number of nitrogens with one attached hydrogen (secondary N) is 1. The van der Waals surface area contributed by atoms with Gasteiger partial charge < -0.3 is 5.32 Å². The van der Waals surface area contributed by atoms with Crippen LogP contribution in [-0.2, 0) is 0 Å². The Morgan fingerprint density at radius 1 is 1.45 bits per heavy atom. The Hall–Kier alpha value is -0.640. The molecule has 1 aromatic carbocycles.